The molecule has 0 aliphatic heterocycles. The Balaban J connectivity index is 2.39. The fourth-order valence-corrected chi connectivity index (χ4v) is 2.45. The van der Waals surface area contributed by atoms with Gasteiger partial charge < -0.3 is 10.4 Å². The molecule has 16 heavy (non-hydrogen) atoms. The van der Waals surface area contributed by atoms with Crippen LogP contribution in [0.3, 0.4) is 0 Å². The molecule has 0 radical (unpaired) electrons. The standard InChI is InChI=1S/C12H19NO2S/c1-8(2)6-9(3)13-7-10-4-5-11(16-10)12(14)15/h4-5,8-9,13H,6-7H2,1-3H3,(H,14,15). The maximum Gasteiger partial charge on any atom is 0.345 e. The lowest BCUT2D eigenvalue weighted by atomic mass is 10.1. The second kappa shape index (κ2) is 6.01. The minimum absolute atomic E-state index is 0.410. The maximum absolute atomic E-state index is 10.7. The molecule has 0 fully saturated rings. The number of rotatable bonds is 6. The molecule has 1 rings (SSSR count). The van der Waals surface area contributed by atoms with Crippen LogP contribution >= 0.6 is 11.3 Å². The van der Waals surface area contributed by atoms with Gasteiger partial charge in [-0.3, -0.25) is 0 Å². The number of carbonyl (C=O) groups is 1. The third-order valence-corrected chi connectivity index (χ3v) is 3.40. The number of aromatic carboxylic acids is 1. The van der Waals surface area contributed by atoms with Crippen LogP contribution in [0.4, 0.5) is 0 Å². The van der Waals surface area contributed by atoms with Gasteiger partial charge in [-0.25, -0.2) is 4.79 Å². The SMILES string of the molecule is CC(C)CC(C)NCc1ccc(C(=O)O)s1. The van der Waals surface area contributed by atoms with Gasteiger partial charge in [-0.05, 0) is 31.4 Å². The topological polar surface area (TPSA) is 49.3 Å². The Morgan fingerprint density at radius 2 is 2.12 bits per heavy atom. The predicted molar refractivity (Wildman–Crippen MR) is 67.0 cm³/mol. The van der Waals surface area contributed by atoms with Gasteiger partial charge in [-0.1, -0.05) is 13.8 Å². The fraction of sp³-hybridized carbons (Fsp3) is 0.583. The Morgan fingerprint density at radius 3 is 2.62 bits per heavy atom. The quantitative estimate of drug-likeness (QED) is 0.805. The molecule has 1 atom stereocenters. The van der Waals surface area contributed by atoms with Gasteiger partial charge >= 0.3 is 5.97 Å². The van der Waals surface area contributed by atoms with Crippen molar-refractivity contribution in [2.24, 2.45) is 5.92 Å². The zero-order valence-corrected chi connectivity index (χ0v) is 10.8. The summed E-state index contributed by atoms with van der Waals surface area (Å²) in [7, 11) is 0. The number of hydrogen-bond donors (Lipinski definition) is 2. The van der Waals surface area contributed by atoms with E-state index in [4.69, 9.17) is 5.11 Å². The third kappa shape index (κ3) is 4.33. The lowest BCUT2D eigenvalue weighted by Crippen LogP contribution is -2.26. The van der Waals surface area contributed by atoms with Crippen LogP contribution in [0, 0.1) is 5.92 Å². The molecule has 2 N–H and O–H groups in total. The third-order valence-electron chi connectivity index (χ3n) is 2.32. The van der Waals surface area contributed by atoms with Crippen LogP contribution in [0.1, 0.15) is 41.7 Å². The van der Waals surface area contributed by atoms with Gasteiger partial charge in [0.05, 0.1) is 0 Å². The summed E-state index contributed by atoms with van der Waals surface area (Å²) >= 11 is 1.34. The van der Waals surface area contributed by atoms with Gasteiger partial charge in [0, 0.05) is 17.5 Å². The second-order valence-corrected chi connectivity index (χ2v) is 5.65. The van der Waals surface area contributed by atoms with Crippen molar-refractivity contribution in [1.82, 2.24) is 5.32 Å². The van der Waals surface area contributed by atoms with Gasteiger partial charge in [-0.15, -0.1) is 11.3 Å². The molecule has 90 valence electrons. The molecule has 0 aromatic carbocycles. The van der Waals surface area contributed by atoms with Crippen molar-refractivity contribution in [3.8, 4) is 0 Å². The summed E-state index contributed by atoms with van der Waals surface area (Å²) in [5, 5.41) is 12.2. The zero-order valence-electron chi connectivity index (χ0n) is 9.99. The minimum Gasteiger partial charge on any atom is -0.477 e. The molecule has 1 heterocycles. The van der Waals surface area contributed by atoms with Crippen molar-refractivity contribution >= 4 is 17.3 Å². The fourth-order valence-electron chi connectivity index (χ4n) is 1.65. The monoisotopic (exact) mass is 241 g/mol. The first-order valence-electron chi connectivity index (χ1n) is 5.54. The summed E-state index contributed by atoms with van der Waals surface area (Å²) in [6.45, 7) is 7.31. The Labute approximate surface area is 100 Å². The van der Waals surface area contributed by atoms with Crippen LogP contribution in [0.25, 0.3) is 0 Å². The molecule has 4 heteroatoms. The van der Waals surface area contributed by atoms with E-state index in [1.165, 1.54) is 11.3 Å². The van der Waals surface area contributed by atoms with Crippen molar-refractivity contribution in [3.05, 3.63) is 21.9 Å². The molecule has 1 unspecified atom stereocenters. The van der Waals surface area contributed by atoms with Gasteiger partial charge in [0.2, 0.25) is 0 Å². The molecule has 0 amide bonds. The molecule has 0 aliphatic rings. The summed E-state index contributed by atoms with van der Waals surface area (Å²) in [5.74, 6) is -0.160. The largest absolute Gasteiger partial charge is 0.477 e. The lowest BCUT2D eigenvalue weighted by molar-refractivity contribution is 0.0702. The molecule has 1 aromatic rings. The van der Waals surface area contributed by atoms with Crippen molar-refractivity contribution in [1.29, 1.82) is 0 Å². The Morgan fingerprint density at radius 1 is 1.44 bits per heavy atom. The maximum atomic E-state index is 10.7. The van der Waals surface area contributed by atoms with E-state index in [0.717, 1.165) is 17.8 Å². The molecule has 0 aliphatic carbocycles. The van der Waals surface area contributed by atoms with E-state index in [9.17, 15) is 4.79 Å². The van der Waals surface area contributed by atoms with Crippen molar-refractivity contribution in [2.75, 3.05) is 0 Å². The minimum atomic E-state index is -0.841. The highest BCUT2D eigenvalue weighted by atomic mass is 32.1. The van der Waals surface area contributed by atoms with Gasteiger partial charge in [0.25, 0.3) is 0 Å². The number of thiophene rings is 1. The number of hydrogen-bond acceptors (Lipinski definition) is 3. The van der Waals surface area contributed by atoms with Crippen molar-refractivity contribution in [2.45, 2.75) is 39.8 Å². The average molecular weight is 241 g/mol. The summed E-state index contributed by atoms with van der Waals surface area (Å²) in [5.41, 5.74) is 0. The normalized spacial score (nSPS) is 13.0. The van der Waals surface area contributed by atoms with E-state index in [-0.39, 0.29) is 0 Å². The number of carboxylic acids is 1. The molecule has 1 aromatic heterocycles. The zero-order chi connectivity index (χ0) is 12.1. The smallest absolute Gasteiger partial charge is 0.345 e. The predicted octanol–water partition coefficient (Wildman–Crippen LogP) is 2.97. The van der Waals surface area contributed by atoms with Crippen LogP contribution in [-0.2, 0) is 6.54 Å². The van der Waals surface area contributed by atoms with Crippen LogP contribution in [0.5, 0.6) is 0 Å². The Bertz CT molecular complexity index is 347. The van der Waals surface area contributed by atoms with E-state index < -0.39 is 5.97 Å². The average Bonchev–Trinajstić information content (AvgIpc) is 2.61. The first-order chi connectivity index (χ1) is 7.49. The van der Waals surface area contributed by atoms with Crippen LogP contribution in [0.2, 0.25) is 0 Å². The van der Waals surface area contributed by atoms with E-state index in [2.05, 4.69) is 26.1 Å². The van der Waals surface area contributed by atoms with E-state index in [1.807, 2.05) is 6.07 Å². The molecule has 0 saturated carbocycles. The summed E-state index contributed by atoms with van der Waals surface area (Å²) < 4.78 is 0. The van der Waals surface area contributed by atoms with Crippen LogP contribution in [-0.4, -0.2) is 17.1 Å². The van der Waals surface area contributed by atoms with Gasteiger partial charge in [-0.2, -0.15) is 0 Å². The van der Waals surface area contributed by atoms with Crippen LogP contribution < -0.4 is 5.32 Å². The van der Waals surface area contributed by atoms with Gasteiger partial charge in [0.15, 0.2) is 0 Å². The lowest BCUT2D eigenvalue weighted by Gasteiger charge is -2.15. The van der Waals surface area contributed by atoms with Crippen molar-refractivity contribution in [3.63, 3.8) is 0 Å². The van der Waals surface area contributed by atoms with Crippen molar-refractivity contribution < 1.29 is 9.90 Å². The van der Waals surface area contributed by atoms with E-state index in [1.54, 1.807) is 6.07 Å². The molecule has 3 nitrogen and oxygen atoms in total. The van der Waals surface area contributed by atoms with Crippen LogP contribution in [0.15, 0.2) is 12.1 Å². The Hall–Kier alpha value is -0.870. The summed E-state index contributed by atoms with van der Waals surface area (Å²) in [6.07, 6.45) is 1.14. The molecule has 0 bridgehead atoms. The Kier molecular flexibility index (Phi) is 4.96. The van der Waals surface area contributed by atoms with Gasteiger partial charge in [0.1, 0.15) is 4.88 Å². The molecule has 0 spiro atoms. The molecular formula is C12H19NO2S. The van der Waals surface area contributed by atoms with E-state index >= 15 is 0 Å². The highest BCUT2D eigenvalue weighted by Gasteiger charge is 2.08. The first-order valence-corrected chi connectivity index (χ1v) is 6.36. The summed E-state index contributed by atoms with van der Waals surface area (Å²) in [4.78, 5) is 12.2. The highest BCUT2D eigenvalue weighted by Crippen LogP contribution is 2.16. The molecule has 0 saturated heterocycles. The highest BCUT2D eigenvalue weighted by molar-refractivity contribution is 7.13. The summed E-state index contributed by atoms with van der Waals surface area (Å²) in [6, 6.07) is 4.01. The number of carboxylic acid groups (broad SMARTS) is 1. The van der Waals surface area contributed by atoms with E-state index in [0.29, 0.717) is 16.8 Å². The number of nitrogens with one attached hydrogen (secondary N) is 1. The molecular weight excluding hydrogens is 222 g/mol. The second-order valence-electron chi connectivity index (χ2n) is 4.48. The first kappa shape index (κ1) is 13.2.